The van der Waals surface area contributed by atoms with Gasteiger partial charge in [0.1, 0.15) is 12.4 Å². The van der Waals surface area contributed by atoms with Gasteiger partial charge in [0.2, 0.25) is 5.88 Å². The quantitative estimate of drug-likeness (QED) is 0.511. The van der Waals surface area contributed by atoms with Crippen molar-refractivity contribution in [1.82, 2.24) is 19.7 Å². The minimum Gasteiger partial charge on any atom is -0.468 e. The first-order valence-corrected chi connectivity index (χ1v) is 10.8. The predicted octanol–water partition coefficient (Wildman–Crippen LogP) is 4.70. The molecule has 3 heterocycles. The largest absolute Gasteiger partial charge is 0.468 e. The second-order valence-corrected chi connectivity index (χ2v) is 8.45. The van der Waals surface area contributed by atoms with Crippen molar-refractivity contribution in [2.75, 3.05) is 0 Å². The van der Waals surface area contributed by atoms with Crippen LogP contribution in [0.2, 0.25) is 0 Å². The maximum Gasteiger partial charge on any atom is 0.239 e. The lowest BCUT2D eigenvalue weighted by Crippen LogP contribution is -2.43. The third-order valence-corrected chi connectivity index (χ3v) is 6.53. The van der Waals surface area contributed by atoms with Gasteiger partial charge in [-0.25, -0.2) is 9.37 Å². The molecule has 160 valence electrons. The number of aromatic nitrogens is 4. The summed E-state index contributed by atoms with van der Waals surface area (Å²) in [7, 11) is 0. The Morgan fingerprint density at radius 3 is 2.47 bits per heavy atom. The van der Waals surface area contributed by atoms with E-state index in [-0.39, 0.29) is 18.0 Å². The molecule has 0 saturated heterocycles. The highest BCUT2D eigenvalue weighted by Crippen LogP contribution is 2.41. The summed E-state index contributed by atoms with van der Waals surface area (Å²) in [4.78, 5) is 4.89. The lowest BCUT2D eigenvalue weighted by molar-refractivity contribution is 0.253. The Morgan fingerprint density at radius 1 is 1.00 bits per heavy atom. The van der Waals surface area contributed by atoms with Crippen LogP contribution in [0.5, 0.6) is 5.88 Å². The van der Waals surface area contributed by atoms with Crippen molar-refractivity contribution in [3.05, 3.63) is 77.9 Å². The van der Waals surface area contributed by atoms with Crippen LogP contribution in [0.4, 0.5) is 4.39 Å². The number of hydrogen-bond donors (Lipinski definition) is 1. The first-order chi connectivity index (χ1) is 15.7. The van der Waals surface area contributed by atoms with Gasteiger partial charge in [-0.1, -0.05) is 54.6 Å². The Labute approximate surface area is 184 Å². The second-order valence-electron chi connectivity index (χ2n) is 8.45. The number of halogens is 1. The number of ether oxygens (including phenoxy) is 1. The van der Waals surface area contributed by atoms with E-state index in [9.17, 15) is 4.39 Å². The molecule has 1 saturated carbocycles. The van der Waals surface area contributed by atoms with Crippen LogP contribution < -0.4 is 10.5 Å². The highest BCUT2D eigenvalue weighted by molar-refractivity contribution is 5.83. The van der Waals surface area contributed by atoms with Gasteiger partial charge >= 0.3 is 0 Å². The van der Waals surface area contributed by atoms with E-state index in [2.05, 4.69) is 34.5 Å². The molecule has 2 aromatic heterocycles. The van der Waals surface area contributed by atoms with Gasteiger partial charge < -0.3 is 10.5 Å². The van der Waals surface area contributed by atoms with Gasteiger partial charge in [0, 0.05) is 16.7 Å². The topological polar surface area (TPSA) is 78.9 Å². The summed E-state index contributed by atoms with van der Waals surface area (Å²) in [5.74, 6) is 1.26. The molecule has 2 N–H and O–H groups in total. The summed E-state index contributed by atoms with van der Waals surface area (Å²) in [5, 5.41) is 8.03. The molecule has 1 aliphatic carbocycles. The summed E-state index contributed by atoms with van der Waals surface area (Å²) >= 11 is 0. The highest BCUT2D eigenvalue weighted by Gasteiger charge is 2.34. The van der Waals surface area contributed by atoms with E-state index in [0.717, 1.165) is 40.8 Å². The summed E-state index contributed by atoms with van der Waals surface area (Å²) in [6.45, 7) is -0.511. The van der Waals surface area contributed by atoms with Gasteiger partial charge in [0.25, 0.3) is 0 Å². The van der Waals surface area contributed by atoms with Crippen molar-refractivity contribution >= 4 is 0 Å². The van der Waals surface area contributed by atoms with Crippen LogP contribution in [0.3, 0.4) is 0 Å². The third-order valence-electron chi connectivity index (χ3n) is 6.53. The van der Waals surface area contributed by atoms with E-state index < -0.39 is 6.67 Å². The molecule has 2 aliphatic rings. The predicted molar refractivity (Wildman–Crippen MR) is 119 cm³/mol. The zero-order chi connectivity index (χ0) is 21.7. The van der Waals surface area contributed by atoms with E-state index >= 15 is 0 Å². The minimum atomic E-state index is -0.711. The molecule has 0 radical (unpaired) electrons. The molecule has 0 amide bonds. The number of alkyl halides is 1. The van der Waals surface area contributed by atoms with Gasteiger partial charge in [-0.2, -0.15) is 0 Å². The fourth-order valence-corrected chi connectivity index (χ4v) is 4.56. The fourth-order valence-electron chi connectivity index (χ4n) is 4.56. The number of nitrogens with two attached hydrogens (primary N) is 1. The molecule has 1 fully saturated rings. The van der Waals surface area contributed by atoms with Crippen molar-refractivity contribution in [1.29, 1.82) is 0 Å². The molecule has 7 heteroatoms. The lowest BCUT2D eigenvalue weighted by atomic mass is 9.72. The zero-order valence-electron chi connectivity index (χ0n) is 17.5. The van der Waals surface area contributed by atoms with Crippen molar-refractivity contribution in [3.63, 3.8) is 0 Å². The average Bonchev–Trinajstić information content (AvgIpc) is 3.26. The molecular weight excluding hydrogens is 405 g/mol. The summed E-state index contributed by atoms with van der Waals surface area (Å²) < 4.78 is 21.2. The van der Waals surface area contributed by atoms with E-state index in [0.29, 0.717) is 17.4 Å². The summed E-state index contributed by atoms with van der Waals surface area (Å²) in [6.07, 6.45) is 3.21. The van der Waals surface area contributed by atoms with Crippen LogP contribution in [0.1, 0.15) is 36.5 Å². The number of pyridine rings is 1. The van der Waals surface area contributed by atoms with Crippen LogP contribution in [-0.2, 0) is 18.8 Å². The van der Waals surface area contributed by atoms with Crippen molar-refractivity contribution in [3.8, 4) is 34.0 Å². The van der Waals surface area contributed by atoms with Gasteiger partial charge in [-0.05, 0) is 36.5 Å². The molecule has 1 aliphatic heterocycles. The molecule has 0 bridgehead atoms. The Kier molecular flexibility index (Phi) is 4.33. The van der Waals surface area contributed by atoms with Crippen molar-refractivity contribution in [2.45, 2.75) is 38.1 Å². The molecule has 32 heavy (non-hydrogen) atoms. The summed E-state index contributed by atoms with van der Waals surface area (Å²) in [5.41, 5.74) is 11.8. The molecule has 2 aromatic carbocycles. The first-order valence-electron chi connectivity index (χ1n) is 10.8. The lowest BCUT2D eigenvalue weighted by Gasteiger charge is -2.38. The number of fused-ring (bicyclic) bond motifs is 3. The monoisotopic (exact) mass is 427 g/mol. The highest BCUT2D eigenvalue weighted by atomic mass is 19.1. The minimum absolute atomic E-state index is 0.200. The Bertz CT molecular complexity index is 1280. The number of nitrogens with zero attached hydrogens (tertiary/aromatic N) is 4. The number of rotatable bonds is 4. The van der Waals surface area contributed by atoms with Gasteiger partial charge in [-0.3, -0.25) is 4.57 Å². The fraction of sp³-hybridized carbons (Fsp3) is 0.240. The zero-order valence-corrected chi connectivity index (χ0v) is 17.5. The van der Waals surface area contributed by atoms with Gasteiger partial charge in [0.05, 0.1) is 5.69 Å². The van der Waals surface area contributed by atoms with E-state index in [1.54, 1.807) is 4.57 Å². The van der Waals surface area contributed by atoms with Crippen molar-refractivity contribution in [2.24, 2.45) is 5.73 Å². The first kappa shape index (κ1) is 19.1. The van der Waals surface area contributed by atoms with Gasteiger partial charge in [0.15, 0.2) is 18.3 Å². The third kappa shape index (κ3) is 2.92. The maximum absolute atomic E-state index is 13.6. The van der Waals surface area contributed by atoms with Crippen LogP contribution in [0.25, 0.3) is 28.1 Å². The standard InChI is InChI=1S/C25H22FN5O/c26-14-21-29-30-22-15-32-24-20(31(21)22)13-19(16-5-2-1-3-6-16)23(28-24)17-7-9-18(10-8-17)25(27)11-4-12-25/h1-3,5-10,13H,4,11-12,14-15,27H2. The van der Waals surface area contributed by atoms with E-state index in [4.69, 9.17) is 15.5 Å². The normalized spacial score (nSPS) is 15.9. The molecule has 4 aromatic rings. The van der Waals surface area contributed by atoms with Crippen LogP contribution in [0.15, 0.2) is 60.7 Å². The Balaban J connectivity index is 1.53. The van der Waals surface area contributed by atoms with Crippen LogP contribution in [-0.4, -0.2) is 19.7 Å². The van der Waals surface area contributed by atoms with E-state index in [1.165, 1.54) is 6.42 Å². The van der Waals surface area contributed by atoms with E-state index in [1.807, 2.05) is 36.4 Å². The maximum atomic E-state index is 13.6. The Morgan fingerprint density at radius 2 is 1.78 bits per heavy atom. The molecular formula is C25H22FN5O. The Hall–Kier alpha value is -3.58. The SMILES string of the molecule is NC1(c2ccc(-c3nc4c(cc3-c3ccccc3)-n3c(CF)nnc3CO4)cc2)CCC1. The molecule has 0 unspecified atom stereocenters. The second kappa shape index (κ2) is 7.24. The average molecular weight is 427 g/mol. The molecule has 6 rings (SSSR count). The van der Waals surface area contributed by atoms with Crippen LogP contribution in [0, 0.1) is 0 Å². The molecule has 6 nitrogen and oxygen atoms in total. The molecule has 0 spiro atoms. The number of benzene rings is 2. The molecule has 0 atom stereocenters. The smallest absolute Gasteiger partial charge is 0.239 e. The van der Waals surface area contributed by atoms with Crippen LogP contribution >= 0.6 is 0 Å². The van der Waals surface area contributed by atoms with Crippen molar-refractivity contribution < 1.29 is 9.13 Å². The van der Waals surface area contributed by atoms with Gasteiger partial charge in [-0.15, -0.1) is 10.2 Å². The number of hydrogen-bond acceptors (Lipinski definition) is 5. The summed E-state index contributed by atoms with van der Waals surface area (Å²) in [6, 6.07) is 20.4.